The van der Waals surface area contributed by atoms with Crippen LogP contribution in [0.5, 0.6) is 5.75 Å². The molecule has 0 saturated carbocycles. The molecule has 0 fully saturated rings. The van der Waals surface area contributed by atoms with E-state index in [0.29, 0.717) is 18.2 Å². The predicted octanol–water partition coefficient (Wildman–Crippen LogP) is 2.70. The molecule has 0 aromatic heterocycles. The van der Waals surface area contributed by atoms with Gasteiger partial charge < -0.3 is 10.5 Å². The summed E-state index contributed by atoms with van der Waals surface area (Å²) in [6.45, 7) is 1.04. The number of nitrogens with two attached hydrogens (primary N) is 1. The number of ether oxygens (including phenoxy) is 1. The van der Waals surface area contributed by atoms with Crippen molar-refractivity contribution in [2.45, 2.75) is 0 Å². The lowest BCUT2D eigenvalue weighted by molar-refractivity contribution is 0.328. The second-order valence-electron chi connectivity index (χ2n) is 2.24. The summed E-state index contributed by atoms with van der Waals surface area (Å²) in [4.78, 5) is 0. The van der Waals surface area contributed by atoms with E-state index in [2.05, 4.69) is 22.6 Å². The minimum absolute atomic E-state index is 0. The van der Waals surface area contributed by atoms with Crippen LogP contribution in [-0.2, 0) is 0 Å². The summed E-state index contributed by atoms with van der Waals surface area (Å²) in [6.07, 6.45) is 0. The van der Waals surface area contributed by atoms with Crippen molar-refractivity contribution < 1.29 is 4.74 Å². The van der Waals surface area contributed by atoms with Gasteiger partial charge in [-0.25, -0.2) is 0 Å². The molecule has 0 amide bonds. The molecule has 0 spiro atoms. The van der Waals surface area contributed by atoms with E-state index < -0.39 is 0 Å². The van der Waals surface area contributed by atoms with Crippen molar-refractivity contribution >= 4 is 46.6 Å². The molecule has 0 aliphatic carbocycles. The lowest BCUT2D eigenvalue weighted by Crippen LogP contribution is -2.10. The zero-order valence-electron chi connectivity index (χ0n) is 6.80. The van der Waals surface area contributed by atoms with Crippen LogP contribution in [0.3, 0.4) is 0 Å². The van der Waals surface area contributed by atoms with E-state index in [-0.39, 0.29) is 12.4 Å². The van der Waals surface area contributed by atoms with Crippen LogP contribution in [0.1, 0.15) is 0 Å². The average Bonchev–Trinajstić information content (AvgIpc) is 1.99. The highest BCUT2D eigenvalue weighted by molar-refractivity contribution is 14.1. The smallest absolute Gasteiger partial charge is 0.121 e. The Morgan fingerprint density at radius 2 is 2.08 bits per heavy atom. The fourth-order valence-electron chi connectivity index (χ4n) is 0.789. The molecule has 2 nitrogen and oxygen atoms in total. The summed E-state index contributed by atoms with van der Waals surface area (Å²) in [5.74, 6) is 0.775. The van der Waals surface area contributed by atoms with E-state index in [4.69, 9.17) is 22.1 Å². The van der Waals surface area contributed by atoms with Gasteiger partial charge in [0.2, 0.25) is 0 Å². The molecule has 5 heteroatoms. The molecule has 1 aromatic rings. The fraction of sp³-hybridized carbons (Fsp3) is 0.250. The molecule has 0 aliphatic heterocycles. The summed E-state index contributed by atoms with van der Waals surface area (Å²) in [5, 5.41) is 0.689. The fourth-order valence-corrected chi connectivity index (χ4v) is 1.84. The van der Waals surface area contributed by atoms with E-state index in [9.17, 15) is 0 Å². The van der Waals surface area contributed by atoms with Gasteiger partial charge in [0, 0.05) is 15.1 Å². The largest absolute Gasteiger partial charge is 0.492 e. The Kier molecular flexibility index (Phi) is 6.85. The molecule has 0 heterocycles. The van der Waals surface area contributed by atoms with Crippen molar-refractivity contribution in [3.8, 4) is 5.75 Å². The summed E-state index contributed by atoms with van der Waals surface area (Å²) < 4.78 is 6.36. The molecular formula is C8H10Cl2INO. The normalized spacial score (nSPS) is 9.15. The number of hydrogen-bond donors (Lipinski definition) is 1. The Morgan fingerprint density at radius 1 is 1.38 bits per heavy atom. The van der Waals surface area contributed by atoms with Crippen molar-refractivity contribution in [3.05, 3.63) is 26.8 Å². The van der Waals surface area contributed by atoms with Gasteiger partial charge in [-0.15, -0.1) is 12.4 Å². The van der Waals surface area contributed by atoms with Crippen LogP contribution in [0.25, 0.3) is 0 Å². The zero-order valence-corrected chi connectivity index (χ0v) is 10.5. The number of hydrogen-bond acceptors (Lipinski definition) is 2. The van der Waals surface area contributed by atoms with Crippen LogP contribution >= 0.6 is 46.6 Å². The predicted molar refractivity (Wildman–Crippen MR) is 66.0 cm³/mol. The summed E-state index contributed by atoms with van der Waals surface area (Å²) in [6, 6.07) is 5.57. The van der Waals surface area contributed by atoms with Gasteiger partial charge in [0.25, 0.3) is 0 Å². The Balaban J connectivity index is 0.00000144. The molecule has 1 aromatic carbocycles. The maximum Gasteiger partial charge on any atom is 0.121 e. The number of rotatable bonds is 3. The van der Waals surface area contributed by atoms with Crippen LogP contribution in [-0.4, -0.2) is 13.2 Å². The lowest BCUT2D eigenvalue weighted by Gasteiger charge is -2.04. The Hall–Kier alpha value is 0.290. The lowest BCUT2D eigenvalue weighted by atomic mass is 10.3. The van der Waals surface area contributed by atoms with E-state index in [0.717, 1.165) is 9.32 Å². The monoisotopic (exact) mass is 333 g/mol. The summed E-state index contributed by atoms with van der Waals surface area (Å²) >= 11 is 8.00. The second-order valence-corrected chi connectivity index (χ2v) is 3.92. The Labute approximate surface area is 102 Å². The highest BCUT2D eigenvalue weighted by atomic mass is 127. The molecule has 0 aliphatic rings. The highest BCUT2D eigenvalue weighted by Crippen LogP contribution is 2.21. The third-order valence-electron chi connectivity index (χ3n) is 1.22. The minimum atomic E-state index is 0. The molecular weight excluding hydrogens is 324 g/mol. The van der Waals surface area contributed by atoms with Gasteiger partial charge in [0.05, 0.1) is 0 Å². The summed E-state index contributed by atoms with van der Waals surface area (Å²) in [5.41, 5.74) is 5.29. The van der Waals surface area contributed by atoms with Crippen LogP contribution in [0.15, 0.2) is 18.2 Å². The topological polar surface area (TPSA) is 35.2 Å². The van der Waals surface area contributed by atoms with Crippen LogP contribution < -0.4 is 10.5 Å². The standard InChI is InChI=1S/C8H9ClINO.ClH/c9-6-3-7(10)5-8(4-6)12-2-1-11;/h3-5H,1-2,11H2;1H. The summed E-state index contributed by atoms with van der Waals surface area (Å²) in [7, 11) is 0. The molecule has 0 saturated heterocycles. The van der Waals surface area contributed by atoms with Crippen LogP contribution in [0, 0.1) is 3.57 Å². The van der Waals surface area contributed by atoms with Crippen molar-refractivity contribution in [2.24, 2.45) is 5.73 Å². The van der Waals surface area contributed by atoms with E-state index in [1.165, 1.54) is 0 Å². The molecule has 74 valence electrons. The maximum absolute atomic E-state index is 5.81. The van der Waals surface area contributed by atoms with Gasteiger partial charge in [-0.1, -0.05) is 11.6 Å². The Bertz CT molecular complexity index is 250. The first-order valence-electron chi connectivity index (χ1n) is 3.51. The van der Waals surface area contributed by atoms with E-state index >= 15 is 0 Å². The zero-order chi connectivity index (χ0) is 8.97. The SMILES string of the molecule is Cl.NCCOc1cc(Cl)cc(I)c1. The third kappa shape index (κ3) is 4.90. The van der Waals surface area contributed by atoms with Crippen LogP contribution in [0.4, 0.5) is 0 Å². The van der Waals surface area contributed by atoms with Gasteiger partial charge in [0.15, 0.2) is 0 Å². The maximum atomic E-state index is 5.81. The minimum Gasteiger partial charge on any atom is -0.492 e. The van der Waals surface area contributed by atoms with Gasteiger partial charge >= 0.3 is 0 Å². The quantitative estimate of drug-likeness (QED) is 0.863. The van der Waals surface area contributed by atoms with Gasteiger partial charge in [-0.3, -0.25) is 0 Å². The molecule has 13 heavy (non-hydrogen) atoms. The first kappa shape index (κ1) is 13.3. The van der Waals surface area contributed by atoms with Crippen molar-refractivity contribution in [2.75, 3.05) is 13.2 Å². The van der Waals surface area contributed by atoms with Crippen molar-refractivity contribution in [1.82, 2.24) is 0 Å². The third-order valence-corrected chi connectivity index (χ3v) is 2.06. The van der Waals surface area contributed by atoms with Crippen molar-refractivity contribution in [1.29, 1.82) is 0 Å². The molecule has 1 rings (SSSR count). The van der Waals surface area contributed by atoms with E-state index in [1.807, 2.05) is 12.1 Å². The van der Waals surface area contributed by atoms with Crippen molar-refractivity contribution in [3.63, 3.8) is 0 Å². The van der Waals surface area contributed by atoms with Gasteiger partial charge in [-0.2, -0.15) is 0 Å². The van der Waals surface area contributed by atoms with Gasteiger partial charge in [-0.05, 0) is 40.8 Å². The molecule has 0 bridgehead atoms. The highest BCUT2D eigenvalue weighted by Gasteiger charge is 1.97. The first-order valence-corrected chi connectivity index (χ1v) is 4.97. The Morgan fingerprint density at radius 3 is 2.62 bits per heavy atom. The van der Waals surface area contributed by atoms with Gasteiger partial charge in [0.1, 0.15) is 12.4 Å². The molecule has 2 N–H and O–H groups in total. The second kappa shape index (κ2) is 6.70. The first-order chi connectivity index (χ1) is 5.72. The molecule has 0 atom stereocenters. The molecule has 0 radical (unpaired) electrons. The average molecular weight is 334 g/mol. The van der Waals surface area contributed by atoms with Crippen LogP contribution in [0.2, 0.25) is 5.02 Å². The number of benzene rings is 1. The van der Waals surface area contributed by atoms with E-state index in [1.54, 1.807) is 6.07 Å². The molecule has 0 unspecified atom stereocenters. The number of halogens is 3.